The second-order valence-corrected chi connectivity index (χ2v) is 7.88. The minimum absolute atomic E-state index is 0. The van der Waals surface area contributed by atoms with Crippen molar-refractivity contribution < 1.29 is 4.74 Å². The molecule has 2 N–H and O–H groups in total. The molecule has 27 heavy (non-hydrogen) atoms. The first-order chi connectivity index (χ1) is 12.7. The molecule has 2 fully saturated rings. The van der Waals surface area contributed by atoms with Crippen LogP contribution in [0, 0.1) is 5.92 Å². The number of morpholine rings is 1. The zero-order valence-electron chi connectivity index (χ0n) is 17.7. The van der Waals surface area contributed by atoms with Crippen LogP contribution < -0.4 is 10.6 Å². The Hall–Kier alpha value is -0.120. The van der Waals surface area contributed by atoms with E-state index in [0.29, 0.717) is 6.04 Å². The van der Waals surface area contributed by atoms with Gasteiger partial charge in [0.1, 0.15) is 0 Å². The molecule has 2 saturated heterocycles. The third kappa shape index (κ3) is 10.3. The van der Waals surface area contributed by atoms with Gasteiger partial charge in [0.25, 0.3) is 0 Å². The molecule has 2 heterocycles. The first-order valence-corrected chi connectivity index (χ1v) is 10.8. The summed E-state index contributed by atoms with van der Waals surface area (Å²) >= 11 is 0. The summed E-state index contributed by atoms with van der Waals surface area (Å²) in [6.07, 6.45) is 5.22. The number of nitrogens with one attached hydrogen (secondary N) is 2. The average Bonchev–Trinajstić information content (AvgIpc) is 2.67. The van der Waals surface area contributed by atoms with Gasteiger partial charge in [-0.05, 0) is 65.1 Å². The van der Waals surface area contributed by atoms with Gasteiger partial charge >= 0.3 is 0 Å². The minimum atomic E-state index is 0. The molecule has 0 bridgehead atoms. The largest absolute Gasteiger partial charge is 0.379 e. The van der Waals surface area contributed by atoms with Crippen molar-refractivity contribution >= 4 is 29.9 Å². The molecule has 0 radical (unpaired) electrons. The Morgan fingerprint density at radius 1 is 1.11 bits per heavy atom. The maximum atomic E-state index is 5.43. The van der Waals surface area contributed by atoms with Crippen LogP contribution in [0.3, 0.4) is 0 Å². The SMILES string of the molecule is CCNC(=NCC(C)N1CCOCC1)NCCCCN1CCC(C)CC1.I. The lowest BCUT2D eigenvalue weighted by atomic mass is 9.99. The van der Waals surface area contributed by atoms with Crippen LogP contribution >= 0.6 is 24.0 Å². The van der Waals surface area contributed by atoms with Crippen molar-refractivity contribution in [3.8, 4) is 0 Å². The summed E-state index contributed by atoms with van der Waals surface area (Å²) in [7, 11) is 0. The van der Waals surface area contributed by atoms with Crippen LogP contribution in [0.5, 0.6) is 0 Å². The van der Waals surface area contributed by atoms with Crippen molar-refractivity contribution in [1.82, 2.24) is 20.4 Å². The van der Waals surface area contributed by atoms with Crippen LogP contribution in [0.2, 0.25) is 0 Å². The molecular weight excluding hydrogens is 453 g/mol. The Labute approximate surface area is 183 Å². The predicted molar refractivity (Wildman–Crippen MR) is 125 cm³/mol. The van der Waals surface area contributed by atoms with Gasteiger partial charge in [0.05, 0.1) is 19.8 Å². The van der Waals surface area contributed by atoms with Gasteiger partial charge in [-0.2, -0.15) is 0 Å². The Balaban J connectivity index is 0.00000364. The van der Waals surface area contributed by atoms with Crippen molar-refractivity contribution in [3.63, 3.8) is 0 Å². The number of rotatable bonds is 9. The Morgan fingerprint density at radius 2 is 1.81 bits per heavy atom. The van der Waals surface area contributed by atoms with Crippen molar-refractivity contribution in [3.05, 3.63) is 0 Å². The van der Waals surface area contributed by atoms with Gasteiger partial charge in [0.15, 0.2) is 5.96 Å². The maximum absolute atomic E-state index is 5.43. The number of unbranched alkanes of at least 4 members (excludes halogenated alkanes) is 1. The van der Waals surface area contributed by atoms with Crippen molar-refractivity contribution in [1.29, 1.82) is 0 Å². The van der Waals surface area contributed by atoms with Gasteiger partial charge in [0, 0.05) is 32.2 Å². The Morgan fingerprint density at radius 3 is 2.48 bits per heavy atom. The highest BCUT2D eigenvalue weighted by molar-refractivity contribution is 14.0. The molecule has 1 atom stereocenters. The smallest absolute Gasteiger partial charge is 0.191 e. The van der Waals surface area contributed by atoms with Gasteiger partial charge in [-0.3, -0.25) is 9.89 Å². The van der Waals surface area contributed by atoms with Gasteiger partial charge in [0.2, 0.25) is 0 Å². The van der Waals surface area contributed by atoms with Gasteiger partial charge in [-0.1, -0.05) is 6.92 Å². The lowest BCUT2D eigenvalue weighted by molar-refractivity contribution is 0.0220. The number of hydrogen-bond donors (Lipinski definition) is 2. The Kier molecular flexibility index (Phi) is 13.7. The molecule has 0 aliphatic carbocycles. The van der Waals surface area contributed by atoms with E-state index >= 15 is 0 Å². The molecule has 1 unspecified atom stereocenters. The first-order valence-electron chi connectivity index (χ1n) is 10.8. The first kappa shape index (κ1) is 24.9. The van der Waals surface area contributed by atoms with Crippen molar-refractivity contribution in [2.24, 2.45) is 10.9 Å². The topological polar surface area (TPSA) is 52.1 Å². The summed E-state index contributed by atoms with van der Waals surface area (Å²) in [5, 5.41) is 6.87. The molecular formula is C20H42IN5O. The predicted octanol–water partition coefficient (Wildman–Crippen LogP) is 2.39. The van der Waals surface area contributed by atoms with Crippen LogP contribution in [0.25, 0.3) is 0 Å². The lowest BCUT2D eigenvalue weighted by Gasteiger charge is -2.31. The summed E-state index contributed by atoms with van der Waals surface area (Å²) in [5.41, 5.74) is 0. The Bertz CT molecular complexity index is 396. The normalized spacial score (nSPS) is 21.5. The monoisotopic (exact) mass is 495 g/mol. The number of piperidine rings is 1. The van der Waals surface area contributed by atoms with Crippen LogP contribution in [0.4, 0.5) is 0 Å². The van der Waals surface area contributed by atoms with E-state index in [1.165, 1.54) is 45.3 Å². The molecule has 0 spiro atoms. The zero-order valence-corrected chi connectivity index (χ0v) is 20.0. The molecule has 0 saturated carbocycles. The van der Waals surface area contributed by atoms with E-state index in [-0.39, 0.29) is 24.0 Å². The number of hydrogen-bond acceptors (Lipinski definition) is 4. The molecule has 0 aromatic rings. The maximum Gasteiger partial charge on any atom is 0.191 e. The zero-order chi connectivity index (χ0) is 18.6. The summed E-state index contributed by atoms with van der Waals surface area (Å²) in [6, 6.07) is 0.468. The van der Waals surface area contributed by atoms with Crippen molar-refractivity contribution in [2.75, 3.05) is 65.6 Å². The number of nitrogens with zero attached hydrogens (tertiary/aromatic N) is 3. The van der Waals surface area contributed by atoms with E-state index in [1.54, 1.807) is 0 Å². The van der Waals surface area contributed by atoms with Gasteiger partial charge in [-0.25, -0.2) is 0 Å². The van der Waals surface area contributed by atoms with Crippen LogP contribution in [0.1, 0.15) is 46.5 Å². The highest BCUT2D eigenvalue weighted by Crippen LogP contribution is 2.16. The fourth-order valence-electron chi connectivity index (χ4n) is 3.65. The van der Waals surface area contributed by atoms with Crippen LogP contribution in [0.15, 0.2) is 4.99 Å². The quantitative estimate of drug-likeness (QED) is 0.223. The molecule has 160 valence electrons. The minimum Gasteiger partial charge on any atom is -0.379 e. The molecule has 2 rings (SSSR count). The summed E-state index contributed by atoms with van der Waals surface area (Å²) in [6.45, 7) is 17.1. The average molecular weight is 495 g/mol. The molecule has 7 heteroatoms. The van der Waals surface area contributed by atoms with Crippen molar-refractivity contribution in [2.45, 2.75) is 52.5 Å². The van der Waals surface area contributed by atoms with Crippen LogP contribution in [-0.2, 0) is 4.74 Å². The highest BCUT2D eigenvalue weighted by Gasteiger charge is 2.17. The number of guanidine groups is 1. The van der Waals surface area contributed by atoms with E-state index in [0.717, 1.165) is 57.8 Å². The number of ether oxygens (including phenoxy) is 1. The fraction of sp³-hybridized carbons (Fsp3) is 0.950. The van der Waals surface area contributed by atoms with Gasteiger partial charge < -0.3 is 20.3 Å². The standard InChI is InChI=1S/C20H41N5O.HI/c1-4-21-20(23-17-19(3)25-13-15-26-16-14-25)22-9-5-6-10-24-11-7-18(2)8-12-24;/h18-19H,4-17H2,1-3H3,(H2,21,22,23);1H. The van der Waals surface area contributed by atoms with Crippen LogP contribution in [-0.4, -0.2) is 87.4 Å². The number of likely N-dealkylation sites (tertiary alicyclic amines) is 1. The summed E-state index contributed by atoms with van der Waals surface area (Å²) < 4.78 is 5.43. The molecule has 0 aromatic carbocycles. The fourth-order valence-corrected chi connectivity index (χ4v) is 3.65. The summed E-state index contributed by atoms with van der Waals surface area (Å²) in [4.78, 5) is 9.88. The second-order valence-electron chi connectivity index (χ2n) is 7.88. The lowest BCUT2D eigenvalue weighted by Crippen LogP contribution is -2.44. The molecule has 0 aromatic heterocycles. The van der Waals surface area contributed by atoms with E-state index in [1.807, 2.05) is 0 Å². The third-order valence-electron chi connectivity index (χ3n) is 5.60. The van der Waals surface area contributed by atoms with Gasteiger partial charge in [-0.15, -0.1) is 24.0 Å². The number of aliphatic imine (C=N–C) groups is 1. The molecule has 2 aliphatic heterocycles. The number of halogens is 1. The highest BCUT2D eigenvalue weighted by atomic mass is 127. The van der Waals surface area contributed by atoms with E-state index in [4.69, 9.17) is 9.73 Å². The second kappa shape index (κ2) is 14.8. The molecule has 6 nitrogen and oxygen atoms in total. The summed E-state index contributed by atoms with van der Waals surface area (Å²) in [5.74, 6) is 1.88. The van der Waals surface area contributed by atoms with E-state index in [9.17, 15) is 0 Å². The third-order valence-corrected chi connectivity index (χ3v) is 5.60. The van der Waals surface area contributed by atoms with E-state index < -0.39 is 0 Å². The molecule has 2 aliphatic rings. The molecule has 0 amide bonds. The van der Waals surface area contributed by atoms with E-state index in [2.05, 4.69) is 41.2 Å².